The van der Waals surface area contributed by atoms with Crippen LogP contribution in [0.4, 0.5) is 0 Å². The summed E-state index contributed by atoms with van der Waals surface area (Å²) < 4.78 is 10.9. The van der Waals surface area contributed by atoms with Crippen molar-refractivity contribution in [1.82, 2.24) is 0 Å². The van der Waals surface area contributed by atoms with Crippen molar-refractivity contribution in [2.24, 2.45) is 28.1 Å². The fraction of sp³-hybridized carbons (Fsp3) is 0.606. The van der Waals surface area contributed by atoms with E-state index in [1.165, 1.54) is 19.6 Å². The third-order valence-electron chi connectivity index (χ3n) is 9.60. The number of allylic oxidation sites excluding steroid dienone is 10. The molecule has 0 heterocycles. The Kier molecular flexibility index (Phi) is 8.80. The van der Waals surface area contributed by atoms with Gasteiger partial charge in [-0.25, -0.2) is 0 Å². The van der Waals surface area contributed by atoms with Gasteiger partial charge in [0, 0.05) is 24.3 Å². The number of rotatable bonds is 6. The lowest BCUT2D eigenvalue weighted by atomic mass is 9.45. The number of esters is 2. The highest BCUT2D eigenvalue weighted by Crippen LogP contribution is 2.68. The maximum Gasteiger partial charge on any atom is 0.315 e. The third-order valence-corrected chi connectivity index (χ3v) is 9.60. The summed E-state index contributed by atoms with van der Waals surface area (Å²) in [4.78, 5) is 38.5. The lowest BCUT2D eigenvalue weighted by Crippen LogP contribution is -2.58. The van der Waals surface area contributed by atoms with Crippen LogP contribution in [-0.2, 0) is 23.9 Å². The Morgan fingerprint density at radius 3 is 2.21 bits per heavy atom. The van der Waals surface area contributed by atoms with E-state index in [2.05, 4.69) is 58.9 Å². The maximum absolute atomic E-state index is 13.6. The molecule has 3 rings (SSSR count). The summed E-state index contributed by atoms with van der Waals surface area (Å²) in [5, 5.41) is 0. The minimum atomic E-state index is -0.886. The normalized spacial score (nSPS) is 36.6. The Bertz CT molecular complexity index is 1130. The average molecular weight is 523 g/mol. The van der Waals surface area contributed by atoms with Gasteiger partial charge in [-0.05, 0) is 83.1 Å². The summed E-state index contributed by atoms with van der Waals surface area (Å²) in [6.07, 6.45) is 15.2. The molecular weight excluding hydrogens is 476 g/mol. The molecule has 208 valence electrons. The molecule has 0 unspecified atom stereocenters. The molecule has 0 radical (unpaired) electrons. The van der Waals surface area contributed by atoms with Crippen molar-refractivity contribution in [3.8, 4) is 0 Å². The fourth-order valence-electron chi connectivity index (χ4n) is 7.63. The molecule has 3 aliphatic carbocycles. The summed E-state index contributed by atoms with van der Waals surface area (Å²) in [6, 6.07) is 0. The van der Waals surface area contributed by atoms with Crippen LogP contribution in [-0.4, -0.2) is 30.9 Å². The van der Waals surface area contributed by atoms with Crippen LogP contribution in [0.25, 0.3) is 0 Å². The highest BCUT2D eigenvalue weighted by molar-refractivity contribution is 6.00. The molecule has 0 aromatic heterocycles. The van der Waals surface area contributed by atoms with Gasteiger partial charge in [-0.2, -0.15) is 0 Å². The first kappa shape index (κ1) is 29.9. The first-order valence-electron chi connectivity index (χ1n) is 13.9. The molecule has 6 atom stereocenters. The number of Topliss-reactive ketones (excluding diaryl/α,β-unsaturated/α-hetero) is 1. The lowest BCUT2D eigenvalue weighted by Gasteiger charge is -2.60. The molecule has 5 heteroatoms. The van der Waals surface area contributed by atoms with Gasteiger partial charge in [-0.1, -0.05) is 61.4 Å². The molecule has 3 aliphatic rings. The second kappa shape index (κ2) is 11.2. The maximum atomic E-state index is 13.6. The molecule has 0 bridgehead atoms. The van der Waals surface area contributed by atoms with Gasteiger partial charge in [-0.3, -0.25) is 14.4 Å². The van der Waals surface area contributed by atoms with Crippen LogP contribution in [0.3, 0.4) is 0 Å². The van der Waals surface area contributed by atoms with E-state index in [1.54, 1.807) is 0 Å². The van der Waals surface area contributed by atoms with E-state index < -0.39 is 17.5 Å². The van der Waals surface area contributed by atoms with Crippen molar-refractivity contribution in [2.75, 3.05) is 7.11 Å². The van der Waals surface area contributed by atoms with E-state index >= 15 is 0 Å². The molecule has 0 aromatic rings. The van der Waals surface area contributed by atoms with Gasteiger partial charge in [0.1, 0.15) is 11.5 Å². The van der Waals surface area contributed by atoms with Crippen LogP contribution in [0.5, 0.6) is 0 Å². The average Bonchev–Trinajstić information content (AvgIpc) is 3.10. The van der Waals surface area contributed by atoms with E-state index in [4.69, 9.17) is 9.47 Å². The Morgan fingerprint density at radius 1 is 0.947 bits per heavy atom. The van der Waals surface area contributed by atoms with E-state index in [0.29, 0.717) is 19.3 Å². The van der Waals surface area contributed by atoms with E-state index in [0.717, 1.165) is 29.6 Å². The zero-order valence-corrected chi connectivity index (χ0v) is 24.8. The van der Waals surface area contributed by atoms with Gasteiger partial charge in [0.25, 0.3) is 0 Å². The number of hydrogen-bond acceptors (Lipinski definition) is 5. The predicted octanol–water partition coefficient (Wildman–Crippen LogP) is 7.24. The number of ketones is 1. The van der Waals surface area contributed by atoms with Gasteiger partial charge < -0.3 is 9.47 Å². The van der Waals surface area contributed by atoms with Crippen molar-refractivity contribution >= 4 is 17.7 Å². The predicted molar refractivity (Wildman–Crippen MR) is 151 cm³/mol. The molecule has 0 N–H and O–H groups in total. The minimum absolute atomic E-state index is 0.129. The van der Waals surface area contributed by atoms with Crippen molar-refractivity contribution in [1.29, 1.82) is 0 Å². The monoisotopic (exact) mass is 522 g/mol. The summed E-state index contributed by atoms with van der Waals surface area (Å²) >= 11 is 0. The molecule has 38 heavy (non-hydrogen) atoms. The van der Waals surface area contributed by atoms with E-state index in [-0.39, 0.29) is 34.4 Å². The number of hydrogen-bond donors (Lipinski definition) is 0. The Labute approximate surface area is 229 Å². The summed E-state index contributed by atoms with van der Waals surface area (Å²) in [5.74, 6) is -0.131. The Balaban J connectivity index is 1.94. The molecule has 5 nitrogen and oxygen atoms in total. The van der Waals surface area contributed by atoms with Crippen molar-refractivity contribution in [2.45, 2.75) is 93.6 Å². The highest BCUT2D eigenvalue weighted by Gasteiger charge is 2.65. The number of fused-ring (bicyclic) bond motifs is 3. The minimum Gasteiger partial charge on any atom is -0.468 e. The smallest absolute Gasteiger partial charge is 0.315 e. The number of carbonyl (C=O) groups excluding carboxylic acids is 3. The van der Waals surface area contributed by atoms with E-state index in [9.17, 15) is 14.4 Å². The second-order valence-electron chi connectivity index (χ2n) is 12.7. The summed E-state index contributed by atoms with van der Waals surface area (Å²) in [6.45, 7) is 16.0. The number of ether oxygens (including phenoxy) is 2. The van der Waals surface area contributed by atoms with Gasteiger partial charge in [-0.15, -0.1) is 0 Å². The van der Waals surface area contributed by atoms with Crippen LogP contribution in [0, 0.1) is 28.1 Å². The summed E-state index contributed by atoms with van der Waals surface area (Å²) in [5.41, 5.74) is 2.98. The lowest BCUT2D eigenvalue weighted by molar-refractivity contribution is -0.194. The molecule has 0 spiro atoms. The SMILES string of the molecule is COC(=O)[C@]1(C)C[C@@H]2CC[C@]3(C)/C(=C(C)/C=C/C=C(C)\C=C\C=C(C)C)C(=O)C[C@H]3[C@@]2(C)C[C@H]1OC(C)=O. The van der Waals surface area contributed by atoms with Crippen LogP contribution >= 0.6 is 0 Å². The molecule has 3 saturated carbocycles. The molecule has 0 aromatic carbocycles. The number of methoxy groups -OCH3 is 1. The first-order valence-corrected chi connectivity index (χ1v) is 13.9. The summed E-state index contributed by atoms with van der Waals surface area (Å²) in [7, 11) is 1.39. The van der Waals surface area contributed by atoms with Crippen molar-refractivity contribution in [3.05, 3.63) is 58.7 Å². The molecule has 0 saturated heterocycles. The quantitative estimate of drug-likeness (QED) is 0.209. The van der Waals surface area contributed by atoms with Crippen molar-refractivity contribution < 1.29 is 23.9 Å². The van der Waals surface area contributed by atoms with Crippen molar-refractivity contribution in [3.63, 3.8) is 0 Å². The van der Waals surface area contributed by atoms with Crippen LogP contribution in [0.15, 0.2) is 58.7 Å². The number of carbonyl (C=O) groups is 3. The Hall–Kier alpha value is -2.69. The molecule has 3 fully saturated rings. The van der Waals surface area contributed by atoms with Crippen LogP contribution in [0.1, 0.15) is 87.5 Å². The molecular formula is C33H46O5. The topological polar surface area (TPSA) is 69.7 Å². The standard InChI is InChI=1S/C33H46O5/c1-21(2)12-10-13-22(3)14-11-15-23(4)29-26(35)18-27-31(29,6)17-16-25-19-33(8,30(36)37-9)28(38-24(5)34)20-32(25,27)7/h10-15,25,27-28H,16-20H2,1-9H3/b13-10+,15-11+,22-14-,29-23+/t25-,27+,28+,31-,32-,33+/m0/s1. The van der Waals surface area contributed by atoms with Gasteiger partial charge in [0.15, 0.2) is 5.78 Å². The van der Waals surface area contributed by atoms with Crippen LogP contribution in [0.2, 0.25) is 0 Å². The van der Waals surface area contributed by atoms with Gasteiger partial charge >= 0.3 is 11.9 Å². The highest BCUT2D eigenvalue weighted by atomic mass is 16.6. The fourth-order valence-corrected chi connectivity index (χ4v) is 7.63. The van der Waals surface area contributed by atoms with E-state index in [1.807, 2.05) is 26.0 Å². The molecule has 0 aliphatic heterocycles. The first-order chi connectivity index (χ1) is 17.7. The third kappa shape index (κ3) is 5.53. The van der Waals surface area contributed by atoms with Gasteiger partial charge in [0.05, 0.1) is 7.11 Å². The van der Waals surface area contributed by atoms with Gasteiger partial charge in [0.2, 0.25) is 0 Å². The second-order valence-corrected chi connectivity index (χ2v) is 12.7. The largest absolute Gasteiger partial charge is 0.468 e. The zero-order valence-electron chi connectivity index (χ0n) is 24.8. The zero-order chi connectivity index (χ0) is 28.5. The Morgan fingerprint density at radius 2 is 1.61 bits per heavy atom. The van der Waals surface area contributed by atoms with Crippen LogP contribution < -0.4 is 0 Å². The molecule has 0 amide bonds.